The number of esters is 1. The molecule has 0 spiro atoms. The van der Waals surface area contributed by atoms with E-state index in [4.69, 9.17) is 14.2 Å². The number of allylic oxidation sites excluding steroid dienone is 5. The Kier molecular flexibility index (Phi) is 51.9. The Hall–Kier alpha value is -2.12. The van der Waals surface area contributed by atoms with E-state index in [0.717, 1.165) is 57.8 Å². The van der Waals surface area contributed by atoms with Crippen molar-refractivity contribution in [2.24, 2.45) is 0 Å². The molecule has 7 unspecified atom stereocenters. The third kappa shape index (κ3) is 43.7. The molecular formula is C65H121NO10. The number of rotatable bonds is 56. The Morgan fingerprint density at radius 2 is 0.855 bits per heavy atom. The van der Waals surface area contributed by atoms with Crippen LogP contribution in [0.2, 0.25) is 0 Å². The molecule has 1 aliphatic rings. The van der Waals surface area contributed by atoms with E-state index in [9.17, 15) is 35.1 Å². The molecule has 1 aliphatic heterocycles. The molecule has 7 atom stereocenters. The second kappa shape index (κ2) is 54.8. The van der Waals surface area contributed by atoms with E-state index in [1.54, 1.807) is 6.08 Å². The summed E-state index contributed by atoms with van der Waals surface area (Å²) in [5, 5.41) is 54.4. The number of aliphatic hydroxyl groups is 5. The molecule has 0 aromatic carbocycles. The van der Waals surface area contributed by atoms with Crippen molar-refractivity contribution >= 4 is 11.9 Å². The number of nitrogens with one attached hydrogen (secondary N) is 1. The normalized spacial score (nSPS) is 18.9. The van der Waals surface area contributed by atoms with Gasteiger partial charge in [-0.2, -0.15) is 0 Å². The minimum Gasteiger partial charge on any atom is -0.466 e. The minimum atomic E-state index is -1.57. The molecule has 446 valence electrons. The fourth-order valence-corrected chi connectivity index (χ4v) is 10.1. The van der Waals surface area contributed by atoms with Crippen LogP contribution in [0.25, 0.3) is 0 Å². The minimum absolute atomic E-state index is 0.00697. The SMILES string of the molecule is CCCC/C=C\CCCCCCCC(=O)OCCCCCCCCCCCCCC/C=C\CCCCCCCCCCCCC(=O)NC(COC1OC(CO)C(O)C(O)C1O)C(O)/C=C/CCCCCCCCCCC. The fourth-order valence-electron chi connectivity index (χ4n) is 10.1. The number of aliphatic hydroxyl groups excluding tert-OH is 5. The topological polar surface area (TPSA) is 175 Å². The lowest BCUT2D eigenvalue weighted by Crippen LogP contribution is -2.60. The van der Waals surface area contributed by atoms with Gasteiger partial charge in [-0.15, -0.1) is 0 Å². The summed E-state index contributed by atoms with van der Waals surface area (Å²) >= 11 is 0. The Labute approximate surface area is 466 Å². The highest BCUT2D eigenvalue weighted by molar-refractivity contribution is 5.76. The van der Waals surface area contributed by atoms with Gasteiger partial charge in [-0.25, -0.2) is 0 Å². The summed E-state index contributed by atoms with van der Waals surface area (Å²) in [5.41, 5.74) is 0. The second-order valence-corrected chi connectivity index (χ2v) is 22.5. The summed E-state index contributed by atoms with van der Waals surface area (Å²) in [6.45, 7) is 4.31. The van der Waals surface area contributed by atoms with E-state index >= 15 is 0 Å². The number of carbonyl (C=O) groups excluding carboxylic acids is 2. The first-order chi connectivity index (χ1) is 37.2. The van der Waals surface area contributed by atoms with Crippen molar-refractivity contribution in [3.8, 4) is 0 Å². The van der Waals surface area contributed by atoms with Crippen LogP contribution < -0.4 is 5.32 Å². The van der Waals surface area contributed by atoms with Gasteiger partial charge in [0.25, 0.3) is 0 Å². The van der Waals surface area contributed by atoms with Crippen LogP contribution >= 0.6 is 0 Å². The van der Waals surface area contributed by atoms with Crippen LogP contribution in [0.5, 0.6) is 0 Å². The monoisotopic (exact) mass is 1080 g/mol. The van der Waals surface area contributed by atoms with Crippen molar-refractivity contribution in [3.63, 3.8) is 0 Å². The highest BCUT2D eigenvalue weighted by atomic mass is 16.7. The first-order valence-electron chi connectivity index (χ1n) is 32.3. The van der Waals surface area contributed by atoms with Gasteiger partial charge in [-0.05, 0) is 77.0 Å². The third-order valence-electron chi connectivity index (χ3n) is 15.2. The summed E-state index contributed by atoms with van der Waals surface area (Å²) < 4.78 is 16.7. The number of hydrogen-bond acceptors (Lipinski definition) is 10. The lowest BCUT2D eigenvalue weighted by atomic mass is 9.99. The summed E-state index contributed by atoms with van der Waals surface area (Å²) in [6, 6.07) is -0.811. The standard InChI is InChI=1S/C65H121NO10/c1-3-5-7-9-11-13-31-35-39-43-47-51-58(68)57(56-75-65-64(73)63(72)62(71)59(55-67)76-65)66-60(69)52-48-44-40-36-33-29-27-25-23-21-19-17-15-16-18-20-22-24-26-28-30-34-38-42-46-50-54-74-61(70)53-49-45-41-37-32-14-12-10-8-6-4-2/h10,12,15,17,47,51,57-59,62-65,67-68,71-73H,3-9,11,13-14,16,18-46,48-50,52-56H2,1-2H3,(H,66,69)/b12-10-,17-15-,51-47+. The Bertz CT molecular complexity index is 1360. The van der Waals surface area contributed by atoms with Gasteiger partial charge in [0.05, 0.1) is 32.0 Å². The number of hydrogen-bond donors (Lipinski definition) is 6. The first-order valence-corrected chi connectivity index (χ1v) is 32.3. The lowest BCUT2D eigenvalue weighted by Gasteiger charge is -2.40. The maximum Gasteiger partial charge on any atom is 0.305 e. The maximum absolute atomic E-state index is 13.0. The average molecular weight is 1080 g/mol. The number of unbranched alkanes of at least 4 members (excludes halogenated alkanes) is 38. The first kappa shape index (κ1) is 71.9. The van der Waals surface area contributed by atoms with E-state index in [-0.39, 0.29) is 18.5 Å². The molecule has 0 aliphatic carbocycles. The fraction of sp³-hybridized carbons (Fsp3) is 0.877. The zero-order valence-corrected chi connectivity index (χ0v) is 49.2. The highest BCUT2D eigenvalue weighted by Crippen LogP contribution is 2.23. The van der Waals surface area contributed by atoms with E-state index in [0.29, 0.717) is 19.4 Å². The van der Waals surface area contributed by atoms with Gasteiger partial charge in [-0.3, -0.25) is 9.59 Å². The molecular weight excluding hydrogens is 955 g/mol. The highest BCUT2D eigenvalue weighted by Gasteiger charge is 2.44. The van der Waals surface area contributed by atoms with Crippen LogP contribution in [0.4, 0.5) is 0 Å². The van der Waals surface area contributed by atoms with Crippen molar-refractivity contribution in [1.29, 1.82) is 0 Å². The molecule has 1 heterocycles. The molecule has 11 heteroatoms. The van der Waals surface area contributed by atoms with Gasteiger partial charge in [0.1, 0.15) is 24.4 Å². The van der Waals surface area contributed by atoms with Crippen molar-refractivity contribution in [1.82, 2.24) is 5.32 Å². The van der Waals surface area contributed by atoms with Crippen LogP contribution in [0.1, 0.15) is 303 Å². The van der Waals surface area contributed by atoms with Crippen LogP contribution in [0, 0.1) is 0 Å². The van der Waals surface area contributed by atoms with E-state index in [2.05, 4.69) is 43.5 Å². The molecule has 0 saturated carbocycles. The van der Waals surface area contributed by atoms with Crippen molar-refractivity contribution in [3.05, 3.63) is 36.5 Å². The predicted octanol–water partition coefficient (Wildman–Crippen LogP) is 15.5. The largest absolute Gasteiger partial charge is 0.466 e. The van der Waals surface area contributed by atoms with Gasteiger partial charge >= 0.3 is 5.97 Å². The molecule has 1 saturated heterocycles. The van der Waals surface area contributed by atoms with Crippen molar-refractivity contribution < 1.29 is 49.3 Å². The number of amides is 1. The summed E-state index contributed by atoms with van der Waals surface area (Å²) in [6.07, 6.45) is 58.3. The third-order valence-corrected chi connectivity index (χ3v) is 15.2. The number of ether oxygens (including phenoxy) is 3. The second-order valence-electron chi connectivity index (χ2n) is 22.5. The summed E-state index contributed by atoms with van der Waals surface area (Å²) in [5.74, 6) is -0.191. The molecule has 0 aromatic heterocycles. The molecule has 11 nitrogen and oxygen atoms in total. The quantitative estimate of drug-likeness (QED) is 0.0195. The zero-order valence-electron chi connectivity index (χ0n) is 49.2. The van der Waals surface area contributed by atoms with E-state index in [1.807, 2.05) is 6.08 Å². The van der Waals surface area contributed by atoms with Crippen LogP contribution in [0.3, 0.4) is 0 Å². The van der Waals surface area contributed by atoms with Gasteiger partial charge in [0, 0.05) is 12.8 Å². The van der Waals surface area contributed by atoms with Gasteiger partial charge in [0.2, 0.25) is 5.91 Å². The van der Waals surface area contributed by atoms with Crippen LogP contribution in [-0.4, -0.2) is 100 Å². The Balaban J connectivity index is 2.00. The Morgan fingerprint density at radius 3 is 1.30 bits per heavy atom. The van der Waals surface area contributed by atoms with Gasteiger partial charge < -0.3 is 45.1 Å². The molecule has 0 aromatic rings. The van der Waals surface area contributed by atoms with Crippen LogP contribution in [-0.2, 0) is 23.8 Å². The van der Waals surface area contributed by atoms with Gasteiger partial charge in [-0.1, -0.05) is 249 Å². The van der Waals surface area contributed by atoms with E-state index < -0.39 is 49.5 Å². The molecule has 76 heavy (non-hydrogen) atoms. The molecule has 6 N–H and O–H groups in total. The predicted molar refractivity (Wildman–Crippen MR) is 315 cm³/mol. The molecule has 0 bridgehead atoms. The summed E-state index contributed by atoms with van der Waals surface area (Å²) in [4.78, 5) is 25.0. The van der Waals surface area contributed by atoms with Crippen molar-refractivity contribution in [2.75, 3.05) is 19.8 Å². The zero-order chi connectivity index (χ0) is 55.2. The Morgan fingerprint density at radius 1 is 0.474 bits per heavy atom. The smallest absolute Gasteiger partial charge is 0.305 e. The summed E-state index contributed by atoms with van der Waals surface area (Å²) in [7, 11) is 0. The van der Waals surface area contributed by atoms with E-state index in [1.165, 1.54) is 218 Å². The molecule has 1 fully saturated rings. The molecule has 1 rings (SSSR count). The average Bonchev–Trinajstić information content (AvgIpc) is 3.42. The number of carbonyl (C=O) groups is 2. The molecule has 0 radical (unpaired) electrons. The van der Waals surface area contributed by atoms with Crippen LogP contribution in [0.15, 0.2) is 36.5 Å². The van der Waals surface area contributed by atoms with Gasteiger partial charge in [0.15, 0.2) is 6.29 Å². The molecule has 1 amide bonds. The maximum atomic E-state index is 13.0. The van der Waals surface area contributed by atoms with Crippen molar-refractivity contribution in [2.45, 2.75) is 346 Å². The lowest BCUT2D eigenvalue weighted by molar-refractivity contribution is -0.302.